The fraction of sp³-hybridized carbons (Fsp3) is 0.273. The van der Waals surface area contributed by atoms with Gasteiger partial charge in [0.15, 0.2) is 6.10 Å². The molecule has 1 aromatic rings. The molecule has 0 amide bonds. The Labute approximate surface area is 105 Å². The topological polar surface area (TPSA) is 74.6 Å². The highest BCUT2D eigenvalue weighted by molar-refractivity contribution is 9.09. The number of alkyl halides is 1. The minimum atomic E-state index is -1.74. The lowest BCUT2D eigenvalue weighted by molar-refractivity contribution is -0.146. The molecule has 0 radical (unpaired) electrons. The first-order valence-electron chi connectivity index (χ1n) is 4.69. The lowest BCUT2D eigenvalue weighted by Gasteiger charge is -2.11. The Morgan fingerprint density at radius 2 is 2.00 bits per heavy atom. The molecule has 2 N–H and O–H groups in total. The van der Waals surface area contributed by atoms with Gasteiger partial charge in [-0.1, -0.05) is 22.0 Å². The van der Waals surface area contributed by atoms with Gasteiger partial charge in [0.1, 0.15) is 16.4 Å². The van der Waals surface area contributed by atoms with E-state index < -0.39 is 22.7 Å². The summed E-state index contributed by atoms with van der Waals surface area (Å²) in [7, 11) is 0. The van der Waals surface area contributed by atoms with Gasteiger partial charge < -0.3 is 10.2 Å². The van der Waals surface area contributed by atoms with Gasteiger partial charge in [-0.15, -0.1) is 0 Å². The van der Waals surface area contributed by atoms with Gasteiger partial charge in [-0.25, -0.2) is 9.18 Å². The van der Waals surface area contributed by atoms with E-state index in [1.807, 2.05) is 0 Å². The molecule has 0 aliphatic rings. The van der Waals surface area contributed by atoms with Crippen LogP contribution in [-0.4, -0.2) is 22.0 Å². The van der Waals surface area contributed by atoms with Gasteiger partial charge in [0.05, 0.1) is 0 Å². The van der Waals surface area contributed by atoms with Crippen LogP contribution in [0.2, 0.25) is 0 Å². The first-order chi connectivity index (χ1) is 7.84. The van der Waals surface area contributed by atoms with Crippen molar-refractivity contribution in [3.8, 4) is 0 Å². The smallest absolute Gasteiger partial charge is 0.337 e. The molecule has 0 aliphatic carbocycles. The van der Waals surface area contributed by atoms with E-state index in [0.717, 1.165) is 18.2 Å². The van der Waals surface area contributed by atoms with Gasteiger partial charge in [0, 0.05) is 5.56 Å². The first-order valence-corrected chi connectivity index (χ1v) is 5.61. The zero-order valence-electron chi connectivity index (χ0n) is 8.85. The maximum Gasteiger partial charge on any atom is 0.337 e. The second-order valence-electron chi connectivity index (χ2n) is 3.49. The molecule has 0 saturated carbocycles. The number of hydrogen-bond acceptors (Lipinski definition) is 3. The molecular weight excluding hydrogens is 295 g/mol. The number of carbonyl (C=O) groups is 2. The second-order valence-corrected chi connectivity index (χ2v) is 4.41. The molecule has 0 spiro atoms. The van der Waals surface area contributed by atoms with Crippen LogP contribution in [0.1, 0.15) is 29.0 Å². The van der Waals surface area contributed by atoms with Gasteiger partial charge in [-0.05, 0) is 24.6 Å². The number of aliphatic hydroxyl groups excluding tert-OH is 1. The molecule has 92 valence electrons. The van der Waals surface area contributed by atoms with Crippen LogP contribution in [-0.2, 0) is 9.59 Å². The van der Waals surface area contributed by atoms with E-state index in [4.69, 9.17) is 5.11 Å². The number of aliphatic carboxylic acids is 1. The maximum absolute atomic E-state index is 13.4. The third kappa shape index (κ3) is 3.10. The maximum atomic E-state index is 13.4. The monoisotopic (exact) mass is 304 g/mol. The van der Waals surface area contributed by atoms with E-state index >= 15 is 0 Å². The first kappa shape index (κ1) is 13.8. The van der Waals surface area contributed by atoms with Crippen LogP contribution >= 0.6 is 15.9 Å². The largest absolute Gasteiger partial charge is 0.479 e. The normalized spacial score (nSPS) is 14.1. The lowest BCUT2D eigenvalue weighted by Crippen LogP contribution is -2.12. The number of aliphatic hydroxyl groups is 1. The molecule has 0 saturated heterocycles. The molecular formula is C11H10BrFO4. The predicted molar refractivity (Wildman–Crippen MR) is 61.3 cm³/mol. The molecule has 0 aromatic heterocycles. The highest BCUT2D eigenvalue weighted by Gasteiger charge is 2.21. The molecule has 2 unspecified atom stereocenters. The number of benzene rings is 1. The Hall–Kier alpha value is -1.27. The molecule has 0 bridgehead atoms. The highest BCUT2D eigenvalue weighted by atomic mass is 79.9. The minimum absolute atomic E-state index is 0.00954. The van der Waals surface area contributed by atoms with Crippen LogP contribution in [0.3, 0.4) is 0 Å². The molecule has 4 nitrogen and oxygen atoms in total. The van der Waals surface area contributed by atoms with Crippen molar-refractivity contribution in [1.82, 2.24) is 0 Å². The molecule has 1 rings (SSSR count). The molecule has 2 atom stereocenters. The van der Waals surface area contributed by atoms with Gasteiger partial charge >= 0.3 is 5.97 Å². The summed E-state index contributed by atoms with van der Waals surface area (Å²) in [4.78, 5) is 20.8. The summed E-state index contributed by atoms with van der Waals surface area (Å²) in [5.41, 5.74) is 0.0369. The van der Waals surface area contributed by atoms with E-state index in [1.54, 1.807) is 0 Å². The van der Waals surface area contributed by atoms with E-state index in [2.05, 4.69) is 15.9 Å². The number of Topliss-reactive ketones (excluding diaryl/α,β-unsaturated/α-hetero) is 1. The van der Waals surface area contributed by atoms with E-state index in [9.17, 15) is 19.1 Å². The van der Waals surface area contributed by atoms with Crippen LogP contribution in [0.5, 0.6) is 0 Å². The van der Waals surface area contributed by atoms with Crippen molar-refractivity contribution < 1.29 is 24.2 Å². The van der Waals surface area contributed by atoms with Gasteiger partial charge in [0.2, 0.25) is 0 Å². The number of carboxylic acid groups (broad SMARTS) is 1. The van der Waals surface area contributed by atoms with E-state index in [1.165, 1.54) is 6.92 Å². The Balaban J connectivity index is 3.19. The third-order valence-electron chi connectivity index (χ3n) is 2.20. The number of rotatable bonds is 4. The van der Waals surface area contributed by atoms with Crippen molar-refractivity contribution >= 4 is 27.7 Å². The Bertz CT molecular complexity index is 461. The molecule has 1 aromatic carbocycles. The van der Waals surface area contributed by atoms with Crippen molar-refractivity contribution in [1.29, 1.82) is 0 Å². The van der Waals surface area contributed by atoms with E-state index in [-0.39, 0.29) is 16.9 Å². The van der Waals surface area contributed by atoms with Crippen LogP contribution < -0.4 is 0 Å². The minimum Gasteiger partial charge on any atom is -0.479 e. The molecule has 17 heavy (non-hydrogen) atoms. The van der Waals surface area contributed by atoms with E-state index in [0.29, 0.717) is 0 Å². The Morgan fingerprint density at radius 3 is 2.47 bits per heavy atom. The highest BCUT2D eigenvalue weighted by Crippen LogP contribution is 2.28. The second kappa shape index (κ2) is 5.37. The van der Waals surface area contributed by atoms with Gasteiger partial charge in [-0.3, -0.25) is 4.79 Å². The molecule has 0 fully saturated rings. The molecule has 0 aliphatic heterocycles. The van der Waals surface area contributed by atoms with Crippen LogP contribution in [0, 0.1) is 5.82 Å². The average molecular weight is 305 g/mol. The van der Waals surface area contributed by atoms with Gasteiger partial charge in [-0.2, -0.15) is 0 Å². The Morgan fingerprint density at radius 1 is 1.41 bits per heavy atom. The fourth-order valence-electron chi connectivity index (χ4n) is 1.29. The summed E-state index contributed by atoms with van der Waals surface area (Å²) in [6, 6.07) is 3.35. The molecule has 0 heterocycles. The number of halogens is 2. The van der Waals surface area contributed by atoms with Crippen molar-refractivity contribution in [3.63, 3.8) is 0 Å². The number of carbonyl (C=O) groups excluding carboxylic acids is 1. The summed E-state index contributed by atoms with van der Waals surface area (Å²) in [6.07, 6.45) is -1.74. The fourth-order valence-corrected chi connectivity index (χ4v) is 1.64. The van der Waals surface area contributed by atoms with Crippen molar-refractivity contribution in [2.75, 3.05) is 0 Å². The summed E-state index contributed by atoms with van der Waals surface area (Å²) in [5, 5.41) is 17.9. The van der Waals surface area contributed by atoms with Crippen molar-refractivity contribution in [2.45, 2.75) is 17.9 Å². The number of hydrogen-bond donors (Lipinski definition) is 2. The van der Waals surface area contributed by atoms with Gasteiger partial charge in [0.25, 0.3) is 0 Å². The SMILES string of the molecule is CC(=O)C(Br)c1cc(C(O)C(=O)O)ccc1F. The zero-order chi connectivity index (χ0) is 13.2. The van der Waals surface area contributed by atoms with Crippen LogP contribution in [0.15, 0.2) is 18.2 Å². The summed E-state index contributed by atoms with van der Waals surface area (Å²) in [6.45, 7) is 1.28. The standard InChI is InChI=1S/C11H10BrFO4/c1-5(14)9(12)7-4-6(2-3-8(7)13)10(15)11(16)17/h2-4,9-10,15H,1H3,(H,16,17). The predicted octanol–water partition coefficient (Wildman–Crippen LogP) is 1.97. The van der Waals surface area contributed by atoms with Crippen molar-refractivity contribution in [3.05, 3.63) is 35.1 Å². The third-order valence-corrected chi connectivity index (χ3v) is 3.34. The van der Waals surface area contributed by atoms with Crippen molar-refractivity contribution in [2.24, 2.45) is 0 Å². The quantitative estimate of drug-likeness (QED) is 0.834. The number of carboxylic acids is 1. The molecule has 6 heteroatoms. The summed E-state index contributed by atoms with van der Waals surface area (Å²) in [5.74, 6) is -2.38. The summed E-state index contributed by atoms with van der Waals surface area (Å²) >= 11 is 3.00. The lowest BCUT2D eigenvalue weighted by atomic mass is 10.0. The Kier molecular flexibility index (Phi) is 4.36. The van der Waals surface area contributed by atoms with Crippen LogP contribution in [0.4, 0.5) is 4.39 Å². The zero-order valence-corrected chi connectivity index (χ0v) is 10.4. The number of ketones is 1. The van der Waals surface area contributed by atoms with Crippen LogP contribution in [0.25, 0.3) is 0 Å². The summed E-state index contributed by atoms with van der Waals surface area (Å²) < 4.78 is 13.4. The average Bonchev–Trinajstić information content (AvgIpc) is 2.27.